The van der Waals surface area contributed by atoms with Crippen LogP contribution in [0.1, 0.15) is 35.1 Å². The predicted molar refractivity (Wildman–Crippen MR) is 98.0 cm³/mol. The van der Waals surface area contributed by atoms with Gasteiger partial charge in [0, 0.05) is 18.0 Å². The summed E-state index contributed by atoms with van der Waals surface area (Å²) in [6.45, 7) is 3.97. The first-order chi connectivity index (χ1) is 12.5. The Labute approximate surface area is 150 Å². The van der Waals surface area contributed by atoms with E-state index < -0.39 is 0 Å². The molecule has 0 unspecified atom stereocenters. The zero-order chi connectivity index (χ0) is 18.3. The maximum Gasteiger partial charge on any atom is 0.230 e. The number of rotatable bonds is 3. The first-order valence-electron chi connectivity index (χ1n) is 8.52. The first kappa shape index (κ1) is 16.4. The topological polar surface area (TPSA) is 89.9 Å². The van der Waals surface area contributed by atoms with Crippen LogP contribution in [0.15, 0.2) is 24.4 Å². The molecule has 1 N–H and O–H groups in total. The van der Waals surface area contributed by atoms with Gasteiger partial charge in [-0.1, -0.05) is 19.1 Å². The average Bonchev–Trinajstić information content (AvgIpc) is 2.61. The van der Waals surface area contributed by atoms with Crippen LogP contribution < -0.4 is 10.1 Å². The molecule has 132 valence electrons. The minimum Gasteiger partial charge on any atom is -0.494 e. The van der Waals surface area contributed by atoms with Crippen LogP contribution in [-0.2, 0) is 6.42 Å². The fourth-order valence-corrected chi connectivity index (χ4v) is 3.29. The van der Waals surface area contributed by atoms with Gasteiger partial charge in [-0.15, -0.1) is 0 Å². The van der Waals surface area contributed by atoms with Gasteiger partial charge in [0.05, 0.1) is 24.1 Å². The number of fused-ring (bicyclic) bond motifs is 2. The maximum absolute atomic E-state index is 12.1. The molecule has 1 aromatic carbocycles. The number of anilines is 2. The zero-order valence-corrected chi connectivity index (χ0v) is 14.9. The molecule has 0 spiro atoms. The number of carbonyl (C=O) groups is 1. The molecule has 26 heavy (non-hydrogen) atoms. The molecule has 2 heterocycles. The number of para-hydroxylation sites is 1. The quantitative estimate of drug-likeness (QED) is 0.776. The molecule has 0 saturated heterocycles. The second-order valence-corrected chi connectivity index (χ2v) is 6.60. The van der Waals surface area contributed by atoms with Crippen molar-refractivity contribution in [2.75, 3.05) is 12.4 Å². The molecular weight excluding hydrogens is 330 g/mol. The Morgan fingerprint density at radius 3 is 2.81 bits per heavy atom. The van der Waals surface area contributed by atoms with Crippen molar-refractivity contribution in [1.29, 1.82) is 0 Å². The number of nitrogens with zero attached hydrogens (tertiary/aromatic N) is 4. The summed E-state index contributed by atoms with van der Waals surface area (Å²) in [6, 6.07) is 5.73. The Hall–Kier alpha value is -3.09. The highest BCUT2D eigenvalue weighted by atomic mass is 16.5. The minimum absolute atomic E-state index is 0.104. The van der Waals surface area contributed by atoms with Crippen molar-refractivity contribution in [3.05, 3.63) is 41.3 Å². The predicted octanol–water partition coefficient (Wildman–Crippen LogP) is 3.25. The van der Waals surface area contributed by atoms with E-state index in [2.05, 4.69) is 32.2 Å². The molecule has 0 amide bonds. The third-order valence-electron chi connectivity index (χ3n) is 4.57. The van der Waals surface area contributed by atoms with Crippen molar-refractivity contribution < 1.29 is 9.53 Å². The van der Waals surface area contributed by atoms with E-state index in [4.69, 9.17) is 4.74 Å². The normalized spacial score (nSPS) is 16.4. The van der Waals surface area contributed by atoms with Crippen molar-refractivity contribution in [2.24, 2.45) is 5.92 Å². The summed E-state index contributed by atoms with van der Waals surface area (Å²) < 4.78 is 5.40. The summed E-state index contributed by atoms with van der Waals surface area (Å²) in [4.78, 5) is 29.9. The van der Waals surface area contributed by atoms with Crippen LogP contribution in [0, 0.1) is 12.8 Å². The van der Waals surface area contributed by atoms with Crippen LogP contribution in [0.5, 0.6) is 5.75 Å². The SMILES string of the molecule is COc1cccc2c(C)nc(Nc3ncc4c(n3)C[C@@H](C)CC4=O)nc12. The molecule has 0 bridgehead atoms. The summed E-state index contributed by atoms with van der Waals surface area (Å²) in [5, 5.41) is 3.99. The van der Waals surface area contributed by atoms with Crippen LogP contribution in [0.3, 0.4) is 0 Å². The van der Waals surface area contributed by atoms with Gasteiger partial charge in [0.15, 0.2) is 5.78 Å². The van der Waals surface area contributed by atoms with Crippen molar-refractivity contribution in [2.45, 2.75) is 26.7 Å². The number of ether oxygens (including phenoxy) is 1. The highest BCUT2D eigenvalue weighted by molar-refractivity contribution is 5.98. The number of hydrogen-bond acceptors (Lipinski definition) is 7. The third-order valence-corrected chi connectivity index (χ3v) is 4.57. The van der Waals surface area contributed by atoms with Gasteiger partial charge < -0.3 is 4.74 Å². The Kier molecular flexibility index (Phi) is 3.99. The summed E-state index contributed by atoms with van der Waals surface area (Å²) in [5.41, 5.74) is 2.96. The fourth-order valence-electron chi connectivity index (χ4n) is 3.29. The van der Waals surface area contributed by atoms with Gasteiger partial charge in [-0.2, -0.15) is 0 Å². The zero-order valence-electron chi connectivity index (χ0n) is 14.9. The summed E-state index contributed by atoms with van der Waals surface area (Å²) in [7, 11) is 1.62. The van der Waals surface area contributed by atoms with Gasteiger partial charge in [-0.05, 0) is 25.3 Å². The molecule has 0 fully saturated rings. The molecule has 1 aliphatic rings. The molecule has 3 aromatic rings. The van der Waals surface area contributed by atoms with E-state index in [1.807, 2.05) is 25.1 Å². The lowest BCUT2D eigenvalue weighted by atomic mass is 9.88. The number of hydrogen-bond donors (Lipinski definition) is 1. The van der Waals surface area contributed by atoms with Crippen molar-refractivity contribution in [3.8, 4) is 5.75 Å². The van der Waals surface area contributed by atoms with Gasteiger partial charge in [0.25, 0.3) is 0 Å². The highest BCUT2D eigenvalue weighted by Crippen LogP contribution is 2.28. The minimum atomic E-state index is 0.104. The number of carbonyl (C=O) groups excluding carboxylic acids is 1. The molecule has 1 aliphatic carbocycles. The number of aromatic nitrogens is 4. The van der Waals surface area contributed by atoms with Crippen LogP contribution in [0.25, 0.3) is 10.9 Å². The number of methoxy groups -OCH3 is 1. The molecule has 4 rings (SSSR count). The highest BCUT2D eigenvalue weighted by Gasteiger charge is 2.24. The lowest BCUT2D eigenvalue weighted by molar-refractivity contribution is 0.0951. The van der Waals surface area contributed by atoms with E-state index in [1.165, 1.54) is 0 Å². The molecule has 1 atom stereocenters. The van der Waals surface area contributed by atoms with Gasteiger partial charge >= 0.3 is 0 Å². The number of aryl methyl sites for hydroxylation is 1. The monoisotopic (exact) mass is 349 g/mol. The van der Waals surface area contributed by atoms with E-state index >= 15 is 0 Å². The number of ketones is 1. The third kappa shape index (κ3) is 2.85. The van der Waals surface area contributed by atoms with E-state index in [0.717, 1.165) is 28.7 Å². The molecule has 7 heteroatoms. The van der Waals surface area contributed by atoms with Crippen molar-refractivity contribution >= 4 is 28.6 Å². The lowest BCUT2D eigenvalue weighted by Gasteiger charge is -2.19. The van der Waals surface area contributed by atoms with Gasteiger partial charge in [-0.25, -0.2) is 19.9 Å². The number of benzene rings is 1. The van der Waals surface area contributed by atoms with Crippen LogP contribution in [0.4, 0.5) is 11.9 Å². The standard InChI is InChI=1S/C19H19N5O2/c1-10-7-14-13(15(25)8-10)9-20-18(22-14)24-19-21-11(2)12-5-4-6-16(26-3)17(12)23-19/h4-6,9-10H,7-8H2,1-3H3,(H,20,21,22,23,24)/t10-/m1/s1. The fraction of sp³-hybridized carbons (Fsp3) is 0.316. The van der Waals surface area contributed by atoms with E-state index in [1.54, 1.807) is 13.3 Å². The Morgan fingerprint density at radius 1 is 1.15 bits per heavy atom. The van der Waals surface area contributed by atoms with Gasteiger partial charge in [0.2, 0.25) is 11.9 Å². The summed E-state index contributed by atoms with van der Waals surface area (Å²) in [5.74, 6) is 1.87. The Bertz CT molecular complexity index is 1020. The van der Waals surface area contributed by atoms with Gasteiger partial charge in [0.1, 0.15) is 11.3 Å². The molecule has 0 saturated carbocycles. The number of Topliss-reactive ketones (excluding diaryl/α,β-unsaturated/α-hetero) is 1. The second kappa shape index (κ2) is 6.33. The van der Waals surface area contributed by atoms with Gasteiger partial charge in [-0.3, -0.25) is 10.1 Å². The maximum atomic E-state index is 12.1. The van der Waals surface area contributed by atoms with Crippen LogP contribution in [-0.4, -0.2) is 32.8 Å². The van der Waals surface area contributed by atoms with E-state index in [9.17, 15) is 4.79 Å². The largest absolute Gasteiger partial charge is 0.494 e. The van der Waals surface area contributed by atoms with Crippen LogP contribution in [0.2, 0.25) is 0 Å². The van der Waals surface area contributed by atoms with E-state index in [-0.39, 0.29) is 5.78 Å². The molecule has 0 radical (unpaired) electrons. The van der Waals surface area contributed by atoms with Crippen LogP contribution >= 0.6 is 0 Å². The summed E-state index contributed by atoms with van der Waals surface area (Å²) >= 11 is 0. The average molecular weight is 349 g/mol. The Balaban J connectivity index is 1.72. The first-order valence-corrected chi connectivity index (χ1v) is 8.52. The van der Waals surface area contributed by atoms with Crippen molar-refractivity contribution in [3.63, 3.8) is 0 Å². The van der Waals surface area contributed by atoms with E-state index in [0.29, 0.717) is 35.5 Å². The molecule has 0 aliphatic heterocycles. The molecule has 2 aromatic heterocycles. The number of nitrogens with one attached hydrogen (secondary N) is 1. The Morgan fingerprint density at radius 2 is 2.00 bits per heavy atom. The molecule has 7 nitrogen and oxygen atoms in total. The second-order valence-electron chi connectivity index (χ2n) is 6.60. The summed E-state index contributed by atoms with van der Waals surface area (Å²) in [6.07, 6.45) is 2.91. The lowest BCUT2D eigenvalue weighted by Crippen LogP contribution is -2.20. The van der Waals surface area contributed by atoms with Crippen molar-refractivity contribution in [1.82, 2.24) is 19.9 Å². The smallest absolute Gasteiger partial charge is 0.230 e. The molecular formula is C19H19N5O2.